The summed E-state index contributed by atoms with van der Waals surface area (Å²) in [5, 5.41) is -0.196. The molecule has 0 aliphatic carbocycles. The van der Waals surface area contributed by atoms with Crippen LogP contribution in [-0.4, -0.2) is 47.8 Å². The highest BCUT2D eigenvalue weighted by Gasteiger charge is 2.36. The summed E-state index contributed by atoms with van der Waals surface area (Å²) in [6.07, 6.45) is 3.99. The number of rotatable bonds is 4. The number of benzene rings is 1. The Hall–Kier alpha value is -1.79. The summed E-state index contributed by atoms with van der Waals surface area (Å²) >= 11 is 0.996. The second-order valence-corrected chi connectivity index (χ2v) is 6.31. The van der Waals surface area contributed by atoms with Crippen molar-refractivity contribution < 1.29 is 14.3 Å². The van der Waals surface area contributed by atoms with Crippen molar-refractivity contribution in [2.75, 3.05) is 26.9 Å². The summed E-state index contributed by atoms with van der Waals surface area (Å²) in [5.74, 6) is 0.474. The van der Waals surface area contributed by atoms with Crippen LogP contribution >= 0.6 is 11.8 Å². The normalized spacial score (nSPS) is 21.1. The molecule has 2 aliphatic heterocycles. The summed E-state index contributed by atoms with van der Waals surface area (Å²) in [4.78, 5) is 28.5. The van der Waals surface area contributed by atoms with E-state index in [1.165, 1.54) is 4.90 Å². The predicted molar refractivity (Wildman–Crippen MR) is 86.5 cm³/mol. The van der Waals surface area contributed by atoms with Crippen LogP contribution in [0.3, 0.4) is 0 Å². The highest BCUT2D eigenvalue weighted by atomic mass is 32.2. The zero-order chi connectivity index (χ0) is 15.5. The van der Waals surface area contributed by atoms with Crippen LogP contribution in [-0.2, 0) is 4.79 Å². The van der Waals surface area contributed by atoms with Gasteiger partial charge in [-0.3, -0.25) is 19.4 Å². The molecule has 2 fully saturated rings. The Bertz CT molecular complexity index is 624. The van der Waals surface area contributed by atoms with E-state index in [2.05, 4.69) is 4.90 Å². The van der Waals surface area contributed by atoms with E-state index in [9.17, 15) is 9.59 Å². The van der Waals surface area contributed by atoms with Crippen molar-refractivity contribution in [2.45, 2.75) is 12.8 Å². The van der Waals surface area contributed by atoms with Gasteiger partial charge in [-0.1, -0.05) is 18.2 Å². The third kappa shape index (κ3) is 3.03. The van der Waals surface area contributed by atoms with Gasteiger partial charge in [0.1, 0.15) is 5.75 Å². The molecule has 2 aliphatic rings. The van der Waals surface area contributed by atoms with Gasteiger partial charge in [-0.25, -0.2) is 0 Å². The molecule has 0 atom stereocenters. The largest absolute Gasteiger partial charge is 0.496 e. The van der Waals surface area contributed by atoms with Crippen molar-refractivity contribution in [3.63, 3.8) is 0 Å². The van der Waals surface area contributed by atoms with Gasteiger partial charge in [-0.2, -0.15) is 0 Å². The SMILES string of the molecule is COc1ccccc1/C=C1/SC(=O)N(CN2CCCC2)C1=O. The first-order valence-corrected chi connectivity index (χ1v) is 8.11. The predicted octanol–water partition coefficient (Wildman–Crippen LogP) is 2.78. The molecule has 1 aromatic rings. The maximum absolute atomic E-state index is 12.5. The number of hydrogen-bond donors (Lipinski definition) is 0. The van der Waals surface area contributed by atoms with Gasteiger partial charge in [0.2, 0.25) is 0 Å². The van der Waals surface area contributed by atoms with Crippen molar-refractivity contribution in [3.8, 4) is 5.75 Å². The number of amides is 2. The molecule has 0 saturated carbocycles. The van der Waals surface area contributed by atoms with Crippen LogP contribution in [0.25, 0.3) is 6.08 Å². The second kappa shape index (κ2) is 6.54. The Morgan fingerprint density at radius 2 is 1.95 bits per heavy atom. The zero-order valence-corrected chi connectivity index (χ0v) is 13.3. The van der Waals surface area contributed by atoms with Crippen molar-refractivity contribution in [1.82, 2.24) is 9.80 Å². The van der Waals surface area contributed by atoms with E-state index in [1.807, 2.05) is 24.3 Å². The molecule has 0 spiro atoms. The molecule has 6 heteroatoms. The maximum atomic E-state index is 12.5. The Kier molecular flexibility index (Phi) is 4.49. The molecular formula is C16H18N2O3S. The Balaban J connectivity index is 1.79. The van der Waals surface area contributed by atoms with Crippen LogP contribution in [0.15, 0.2) is 29.2 Å². The molecule has 3 rings (SSSR count). The van der Waals surface area contributed by atoms with Gasteiger partial charge in [-0.15, -0.1) is 0 Å². The monoisotopic (exact) mass is 318 g/mol. The lowest BCUT2D eigenvalue weighted by Gasteiger charge is -2.20. The fourth-order valence-electron chi connectivity index (χ4n) is 2.67. The third-order valence-corrected chi connectivity index (χ3v) is 4.75. The summed E-state index contributed by atoms with van der Waals surface area (Å²) in [7, 11) is 1.59. The van der Waals surface area contributed by atoms with E-state index < -0.39 is 0 Å². The average Bonchev–Trinajstić information content (AvgIpc) is 3.12. The standard InChI is InChI=1S/C16H18N2O3S/c1-21-13-7-3-2-6-12(13)10-14-15(19)18(16(20)22-14)11-17-8-4-5-9-17/h2-3,6-7,10H,4-5,8-9,11H2,1H3/b14-10+. The first-order chi connectivity index (χ1) is 10.7. The van der Waals surface area contributed by atoms with Crippen molar-refractivity contribution in [1.29, 1.82) is 0 Å². The minimum atomic E-state index is -0.215. The minimum absolute atomic E-state index is 0.196. The van der Waals surface area contributed by atoms with E-state index in [4.69, 9.17) is 4.74 Å². The second-order valence-electron chi connectivity index (χ2n) is 5.32. The number of para-hydroxylation sites is 1. The molecule has 2 heterocycles. The van der Waals surface area contributed by atoms with E-state index in [-0.39, 0.29) is 11.1 Å². The minimum Gasteiger partial charge on any atom is -0.496 e. The lowest BCUT2D eigenvalue weighted by Crippen LogP contribution is -2.38. The Labute approximate surface area is 133 Å². The molecule has 22 heavy (non-hydrogen) atoms. The van der Waals surface area contributed by atoms with Crippen molar-refractivity contribution in [3.05, 3.63) is 34.7 Å². The van der Waals surface area contributed by atoms with Crippen LogP contribution in [0.4, 0.5) is 4.79 Å². The van der Waals surface area contributed by atoms with E-state index in [1.54, 1.807) is 13.2 Å². The molecule has 116 valence electrons. The maximum Gasteiger partial charge on any atom is 0.294 e. The summed E-state index contributed by atoms with van der Waals surface area (Å²) in [6.45, 7) is 2.30. The van der Waals surface area contributed by atoms with Gasteiger partial charge in [0, 0.05) is 5.56 Å². The van der Waals surface area contributed by atoms with E-state index in [0.717, 1.165) is 43.3 Å². The molecule has 0 aromatic heterocycles. The number of thioether (sulfide) groups is 1. The van der Waals surface area contributed by atoms with Crippen molar-refractivity contribution >= 4 is 29.0 Å². The Morgan fingerprint density at radius 3 is 2.68 bits per heavy atom. The molecule has 1 aromatic carbocycles. The lowest BCUT2D eigenvalue weighted by molar-refractivity contribution is -0.124. The quantitative estimate of drug-likeness (QED) is 0.799. The fraction of sp³-hybridized carbons (Fsp3) is 0.375. The van der Waals surface area contributed by atoms with Crippen LogP contribution in [0, 0.1) is 0 Å². The smallest absolute Gasteiger partial charge is 0.294 e. The van der Waals surface area contributed by atoms with Crippen LogP contribution < -0.4 is 4.74 Å². The number of hydrogen-bond acceptors (Lipinski definition) is 5. The van der Waals surface area contributed by atoms with Gasteiger partial charge in [0.05, 0.1) is 18.7 Å². The molecule has 2 amide bonds. The van der Waals surface area contributed by atoms with Gasteiger partial charge < -0.3 is 4.74 Å². The average molecular weight is 318 g/mol. The molecule has 0 N–H and O–H groups in total. The molecule has 2 saturated heterocycles. The van der Waals surface area contributed by atoms with Crippen LogP contribution in [0.2, 0.25) is 0 Å². The van der Waals surface area contributed by atoms with Crippen LogP contribution in [0.1, 0.15) is 18.4 Å². The number of likely N-dealkylation sites (tertiary alicyclic amines) is 1. The first kappa shape index (κ1) is 15.1. The van der Waals surface area contributed by atoms with Gasteiger partial charge in [0.15, 0.2) is 0 Å². The highest BCUT2D eigenvalue weighted by molar-refractivity contribution is 8.18. The summed E-state index contributed by atoms with van der Waals surface area (Å²) in [6, 6.07) is 7.45. The number of carbonyl (C=O) groups excluding carboxylic acids is 2. The number of ether oxygens (including phenoxy) is 1. The van der Waals surface area contributed by atoms with Crippen molar-refractivity contribution in [2.24, 2.45) is 0 Å². The molecule has 0 bridgehead atoms. The van der Waals surface area contributed by atoms with Gasteiger partial charge >= 0.3 is 0 Å². The number of imide groups is 1. The molecule has 0 unspecified atom stereocenters. The lowest BCUT2D eigenvalue weighted by atomic mass is 10.2. The Morgan fingerprint density at radius 1 is 1.23 bits per heavy atom. The summed E-state index contributed by atoms with van der Waals surface area (Å²) in [5.41, 5.74) is 0.802. The molecular weight excluding hydrogens is 300 g/mol. The molecule has 5 nitrogen and oxygen atoms in total. The number of methoxy groups -OCH3 is 1. The first-order valence-electron chi connectivity index (χ1n) is 7.30. The topological polar surface area (TPSA) is 49.9 Å². The van der Waals surface area contributed by atoms with Gasteiger partial charge in [0.25, 0.3) is 11.1 Å². The van der Waals surface area contributed by atoms with Gasteiger partial charge in [-0.05, 0) is 49.8 Å². The molecule has 0 radical (unpaired) electrons. The van der Waals surface area contributed by atoms with E-state index >= 15 is 0 Å². The number of nitrogens with zero attached hydrogens (tertiary/aromatic N) is 2. The summed E-state index contributed by atoms with van der Waals surface area (Å²) < 4.78 is 5.28. The van der Waals surface area contributed by atoms with E-state index in [0.29, 0.717) is 17.3 Å². The highest BCUT2D eigenvalue weighted by Crippen LogP contribution is 2.34. The van der Waals surface area contributed by atoms with Crippen LogP contribution in [0.5, 0.6) is 5.75 Å². The fourth-order valence-corrected chi connectivity index (χ4v) is 3.50. The third-order valence-electron chi connectivity index (χ3n) is 3.84. The zero-order valence-electron chi connectivity index (χ0n) is 12.4. The number of carbonyl (C=O) groups is 2.